The van der Waals surface area contributed by atoms with Crippen LogP contribution in [0.15, 0.2) is 89.8 Å². The Balaban J connectivity index is 1.84. The minimum Gasteiger partial charge on any atom is -0.470 e. The van der Waals surface area contributed by atoms with Crippen molar-refractivity contribution in [2.75, 3.05) is 87.0 Å². The SMILES string of the molecule is [C-]#[N+]/C(=C\c1ccc(N(CC)CC)cc1)C(=O)OCC(C)(COC(=O)/C(=C/c1ccc(N(CC)CCC(=O)OCC)cc1)[N+]#[C-])COC(=O)/C(C#N)=C/c1ccc(N(CC)CCC(=O)OCC)cc1. The Morgan fingerprint density at radius 2 is 0.870 bits per heavy atom. The lowest BCUT2D eigenvalue weighted by Gasteiger charge is -2.28. The summed E-state index contributed by atoms with van der Waals surface area (Å²) in [6, 6.07) is 23.3. The molecule has 69 heavy (non-hydrogen) atoms. The first-order valence-corrected chi connectivity index (χ1v) is 22.9. The van der Waals surface area contributed by atoms with Crippen molar-refractivity contribution in [1.82, 2.24) is 0 Å². The van der Waals surface area contributed by atoms with Gasteiger partial charge in [-0.25, -0.2) is 14.5 Å². The fourth-order valence-electron chi connectivity index (χ4n) is 6.75. The van der Waals surface area contributed by atoms with E-state index in [9.17, 15) is 29.2 Å². The summed E-state index contributed by atoms with van der Waals surface area (Å²) in [6.07, 6.45) is 4.51. The number of rotatable bonds is 27. The highest BCUT2D eigenvalue weighted by Crippen LogP contribution is 2.25. The number of anilines is 3. The van der Waals surface area contributed by atoms with Crippen molar-refractivity contribution in [1.29, 1.82) is 5.26 Å². The Bertz CT molecular complexity index is 2300. The molecule has 364 valence electrons. The molecule has 1 unspecified atom stereocenters. The van der Waals surface area contributed by atoms with Gasteiger partial charge in [-0.1, -0.05) is 36.4 Å². The molecule has 0 aromatic heterocycles. The third-order valence-corrected chi connectivity index (χ3v) is 10.7. The Morgan fingerprint density at radius 3 is 1.19 bits per heavy atom. The molecule has 0 bridgehead atoms. The van der Waals surface area contributed by atoms with E-state index in [4.69, 9.17) is 36.8 Å². The smallest absolute Gasteiger partial charge is 0.348 e. The summed E-state index contributed by atoms with van der Waals surface area (Å²) in [5.41, 5.74) is 1.80. The van der Waals surface area contributed by atoms with Gasteiger partial charge in [0.15, 0.2) is 0 Å². The Morgan fingerprint density at radius 1 is 0.536 bits per heavy atom. The standard InChI is InChI=1S/C53H62N6O10/c1-10-57(11-2)43-22-18-40(19-23-43)33-46(55-8)51(63)68-37-53(7,36-67-50(62)42(35-54)32-39-16-24-44(25-17-39)58(12-3)30-28-48(60)65-14-5)38-69-52(64)47(56-9)34-41-20-26-45(27-21-41)59(13-4)31-29-49(61)66-15-6/h16-27,32-34H,10-15,28-31,36-38H2,1-7H3/b42-32+,46-33-,47-34-. The van der Waals surface area contributed by atoms with Crippen molar-refractivity contribution >= 4 is 65.1 Å². The van der Waals surface area contributed by atoms with Crippen molar-refractivity contribution < 1.29 is 47.7 Å². The molecule has 0 N–H and O–H groups in total. The van der Waals surface area contributed by atoms with Crippen LogP contribution >= 0.6 is 0 Å². The van der Waals surface area contributed by atoms with E-state index in [-0.39, 0.29) is 41.7 Å². The predicted molar refractivity (Wildman–Crippen MR) is 265 cm³/mol. The number of hydrogen-bond donors (Lipinski definition) is 0. The highest BCUT2D eigenvalue weighted by molar-refractivity contribution is 5.98. The summed E-state index contributed by atoms with van der Waals surface area (Å²) in [4.78, 5) is 76.9. The molecule has 16 heteroatoms. The summed E-state index contributed by atoms with van der Waals surface area (Å²) < 4.78 is 26.9. The molecule has 16 nitrogen and oxygen atoms in total. The zero-order chi connectivity index (χ0) is 50.8. The van der Waals surface area contributed by atoms with Crippen LogP contribution in [0.25, 0.3) is 27.9 Å². The lowest BCUT2D eigenvalue weighted by molar-refractivity contribution is -0.155. The molecule has 1 atom stereocenters. The molecule has 0 radical (unpaired) electrons. The second-order valence-electron chi connectivity index (χ2n) is 15.7. The van der Waals surface area contributed by atoms with Crippen molar-refractivity contribution in [2.45, 2.75) is 61.3 Å². The van der Waals surface area contributed by atoms with E-state index in [0.717, 1.165) is 30.2 Å². The summed E-state index contributed by atoms with van der Waals surface area (Å²) in [7, 11) is 0. The van der Waals surface area contributed by atoms with E-state index < -0.39 is 43.1 Å². The maximum Gasteiger partial charge on any atom is 0.348 e. The van der Waals surface area contributed by atoms with Crippen LogP contribution in [0, 0.1) is 29.9 Å². The van der Waals surface area contributed by atoms with Crippen LogP contribution in [0.5, 0.6) is 0 Å². The maximum absolute atomic E-state index is 13.4. The molecule has 3 aromatic carbocycles. The molecule has 3 aromatic rings. The van der Waals surface area contributed by atoms with Gasteiger partial charge in [-0.3, -0.25) is 19.2 Å². The molecule has 0 aliphatic rings. The van der Waals surface area contributed by atoms with Gasteiger partial charge in [0.2, 0.25) is 0 Å². The van der Waals surface area contributed by atoms with E-state index in [0.29, 0.717) is 56.1 Å². The van der Waals surface area contributed by atoms with Crippen molar-refractivity contribution in [2.24, 2.45) is 5.41 Å². The summed E-state index contributed by atoms with van der Waals surface area (Å²) in [5.74, 6) is -3.57. The molecule has 3 rings (SSSR count). The van der Waals surface area contributed by atoms with Crippen molar-refractivity contribution in [3.8, 4) is 6.07 Å². The van der Waals surface area contributed by atoms with E-state index in [1.807, 2.05) is 55.7 Å². The normalized spacial score (nSPS) is 12.2. The van der Waals surface area contributed by atoms with Gasteiger partial charge >= 0.3 is 29.8 Å². The van der Waals surface area contributed by atoms with Gasteiger partial charge in [0, 0.05) is 56.3 Å². The van der Waals surface area contributed by atoms with Gasteiger partial charge in [0.25, 0.3) is 11.4 Å². The highest BCUT2D eigenvalue weighted by atomic mass is 16.6. The number of hydrogen-bond acceptors (Lipinski definition) is 14. The topological polar surface area (TPSA) is 174 Å². The number of nitriles is 1. The first-order chi connectivity index (χ1) is 33.2. The quantitative estimate of drug-likeness (QED) is 0.0234. The number of nitrogens with zero attached hydrogens (tertiary/aromatic N) is 6. The van der Waals surface area contributed by atoms with Crippen LogP contribution in [0.1, 0.15) is 78.0 Å². The first-order valence-electron chi connectivity index (χ1n) is 22.9. The largest absolute Gasteiger partial charge is 0.470 e. The molecule has 0 saturated carbocycles. The van der Waals surface area contributed by atoms with Crippen LogP contribution in [0.2, 0.25) is 0 Å². The first kappa shape index (κ1) is 55.4. The van der Waals surface area contributed by atoms with Crippen LogP contribution in [0.3, 0.4) is 0 Å². The lowest BCUT2D eigenvalue weighted by atomic mass is 9.94. The van der Waals surface area contributed by atoms with E-state index in [2.05, 4.69) is 14.6 Å². The zero-order valence-corrected chi connectivity index (χ0v) is 40.6. The Hall–Kier alpha value is -7.90. The Labute approximate surface area is 406 Å². The van der Waals surface area contributed by atoms with Gasteiger partial charge in [-0.05, 0) is 120 Å². The summed E-state index contributed by atoms with van der Waals surface area (Å²) in [5, 5.41) is 9.99. The van der Waals surface area contributed by atoms with Gasteiger partial charge in [0.05, 0.1) is 44.6 Å². The number of benzene rings is 3. The molecule has 0 spiro atoms. The summed E-state index contributed by atoms with van der Waals surface area (Å²) >= 11 is 0. The van der Waals surface area contributed by atoms with E-state index in [1.165, 1.54) is 25.2 Å². The fraction of sp³-hybridized carbons (Fsp3) is 0.396. The maximum atomic E-state index is 13.4. The molecule has 0 saturated heterocycles. The van der Waals surface area contributed by atoms with Gasteiger partial charge in [0.1, 0.15) is 31.5 Å². The highest BCUT2D eigenvalue weighted by Gasteiger charge is 2.33. The van der Waals surface area contributed by atoms with Crippen LogP contribution in [-0.4, -0.2) is 102 Å². The molecule has 0 aliphatic carbocycles. The zero-order valence-electron chi connectivity index (χ0n) is 40.6. The fourth-order valence-corrected chi connectivity index (χ4v) is 6.75. The minimum atomic E-state index is -1.43. The minimum absolute atomic E-state index is 0.209. The molecular formula is C53H62N6O10. The molecule has 0 aliphatic heterocycles. The van der Waals surface area contributed by atoms with Gasteiger partial charge in [-0.15, -0.1) is 0 Å². The Kier molecular flexibility index (Phi) is 23.3. The molecular weight excluding hydrogens is 881 g/mol. The van der Waals surface area contributed by atoms with E-state index in [1.54, 1.807) is 74.5 Å². The number of carbonyl (C=O) groups excluding carboxylic acids is 5. The number of carbonyl (C=O) groups is 5. The molecule has 0 fully saturated rings. The van der Waals surface area contributed by atoms with Crippen LogP contribution < -0.4 is 14.7 Å². The predicted octanol–water partition coefficient (Wildman–Crippen LogP) is 8.56. The molecule has 0 amide bonds. The monoisotopic (exact) mass is 942 g/mol. The third-order valence-electron chi connectivity index (χ3n) is 10.7. The second kappa shape index (κ2) is 29.0. The molecule has 0 heterocycles. The number of ether oxygens (including phenoxy) is 5. The second-order valence-corrected chi connectivity index (χ2v) is 15.7. The van der Waals surface area contributed by atoms with Crippen molar-refractivity contribution in [3.05, 3.63) is 129 Å². The third kappa shape index (κ3) is 18.0. The van der Waals surface area contributed by atoms with Crippen molar-refractivity contribution in [3.63, 3.8) is 0 Å². The van der Waals surface area contributed by atoms with Crippen LogP contribution in [0.4, 0.5) is 17.1 Å². The summed E-state index contributed by atoms with van der Waals surface area (Å²) in [6.45, 7) is 31.3. The van der Waals surface area contributed by atoms with Crippen LogP contribution in [-0.2, 0) is 47.7 Å². The van der Waals surface area contributed by atoms with Gasteiger partial charge in [-0.2, -0.15) is 5.26 Å². The average molecular weight is 943 g/mol. The lowest BCUT2D eigenvalue weighted by Crippen LogP contribution is -2.37. The van der Waals surface area contributed by atoms with E-state index >= 15 is 0 Å². The number of esters is 5. The van der Waals surface area contributed by atoms with Gasteiger partial charge < -0.3 is 38.4 Å². The average Bonchev–Trinajstić information content (AvgIpc) is 3.36.